The molecule has 4 nitrogen and oxygen atoms in total. The highest BCUT2D eigenvalue weighted by molar-refractivity contribution is 6.33. The van der Waals surface area contributed by atoms with Crippen molar-refractivity contribution in [1.82, 2.24) is 4.98 Å². The van der Waals surface area contributed by atoms with Crippen molar-refractivity contribution in [2.24, 2.45) is 0 Å². The predicted octanol–water partition coefficient (Wildman–Crippen LogP) is 4.44. The number of carboxylic acids is 1. The second kappa shape index (κ2) is 6.59. The fourth-order valence-electron chi connectivity index (χ4n) is 2.02. The van der Waals surface area contributed by atoms with Gasteiger partial charge in [0.15, 0.2) is 0 Å². The Bertz CT molecular complexity index is 671. The standard InChI is InChI=1S/C16H17ClN2O2/c1-3-4-12-8-11(16(20)21)9-15(18-12)19-14-6-5-10(2)7-13(14)17/h5-9H,3-4H2,1-2H3,(H,18,19)(H,20,21). The number of carbonyl (C=O) groups is 1. The van der Waals surface area contributed by atoms with E-state index in [1.165, 1.54) is 6.07 Å². The van der Waals surface area contributed by atoms with Crippen LogP contribution in [0.1, 0.15) is 35.0 Å². The second-order valence-corrected chi connectivity index (χ2v) is 5.30. The molecule has 21 heavy (non-hydrogen) atoms. The first-order chi connectivity index (χ1) is 9.99. The van der Waals surface area contributed by atoms with E-state index < -0.39 is 5.97 Å². The number of rotatable bonds is 5. The Balaban J connectivity index is 2.36. The number of aryl methyl sites for hydroxylation is 2. The van der Waals surface area contributed by atoms with Gasteiger partial charge in [0.25, 0.3) is 0 Å². The molecule has 0 aliphatic rings. The number of benzene rings is 1. The third-order valence-electron chi connectivity index (χ3n) is 3.02. The lowest BCUT2D eigenvalue weighted by molar-refractivity contribution is 0.0696. The summed E-state index contributed by atoms with van der Waals surface area (Å²) in [4.78, 5) is 15.6. The molecule has 5 heteroatoms. The van der Waals surface area contributed by atoms with Crippen molar-refractivity contribution >= 4 is 29.1 Å². The highest BCUT2D eigenvalue weighted by Crippen LogP contribution is 2.26. The summed E-state index contributed by atoms with van der Waals surface area (Å²) in [7, 11) is 0. The van der Waals surface area contributed by atoms with Gasteiger partial charge in [0.1, 0.15) is 5.82 Å². The molecule has 0 aliphatic carbocycles. The van der Waals surface area contributed by atoms with Crippen LogP contribution in [0.4, 0.5) is 11.5 Å². The average Bonchev–Trinajstić information content (AvgIpc) is 2.42. The number of aromatic nitrogens is 1. The van der Waals surface area contributed by atoms with Crippen LogP contribution in [-0.4, -0.2) is 16.1 Å². The molecular weight excluding hydrogens is 288 g/mol. The zero-order chi connectivity index (χ0) is 15.4. The van der Waals surface area contributed by atoms with Gasteiger partial charge in [-0.05, 0) is 43.2 Å². The maximum atomic E-state index is 11.2. The molecule has 0 bridgehead atoms. The van der Waals surface area contributed by atoms with Crippen molar-refractivity contribution in [2.45, 2.75) is 26.7 Å². The Kier molecular flexibility index (Phi) is 4.81. The third-order valence-corrected chi connectivity index (χ3v) is 3.33. The topological polar surface area (TPSA) is 62.2 Å². The van der Waals surface area contributed by atoms with E-state index >= 15 is 0 Å². The lowest BCUT2D eigenvalue weighted by Gasteiger charge is -2.11. The van der Waals surface area contributed by atoms with Crippen molar-refractivity contribution < 1.29 is 9.90 Å². The van der Waals surface area contributed by atoms with Gasteiger partial charge in [0, 0.05) is 5.69 Å². The van der Waals surface area contributed by atoms with Crippen molar-refractivity contribution in [3.8, 4) is 0 Å². The smallest absolute Gasteiger partial charge is 0.335 e. The molecule has 2 rings (SSSR count). The quantitative estimate of drug-likeness (QED) is 0.857. The fourth-order valence-corrected chi connectivity index (χ4v) is 2.30. The number of hydrogen-bond acceptors (Lipinski definition) is 3. The first-order valence-electron chi connectivity index (χ1n) is 6.77. The number of aromatic carboxylic acids is 1. The van der Waals surface area contributed by atoms with Gasteiger partial charge < -0.3 is 10.4 Å². The summed E-state index contributed by atoms with van der Waals surface area (Å²) in [6, 6.07) is 8.75. The Morgan fingerprint density at radius 3 is 2.71 bits per heavy atom. The molecule has 1 aromatic carbocycles. The summed E-state index contributed by atoms with van der Waals surface area (Å²) in [6.45, 7) is 3.98. The molecule has 0 saturated carbocycles. The first-order valence-corrected chi connectivity index (χ1v) is 7.15. The van der Waals surface area contributed by atoms with Crippen LogP contribution >= 0.6 is 11.6 Å². The molecule has 110 valence electrons. The van der Waals surface area contributed by atoms with Gasteiger partial charge in [-0.25, -0.2) is 9.78 Å². The van der Waals surface area contributed by atoms with Crippen LogP contribution in [0.25, 0.3) is 0 Å². The maximum absolute atomic E-state index is 11.2. The van der Waals surface area contributed by atoms with Gasteiger partial charge in [-0.15, -0.1) is 0 Å². The highest BCUT2D eigenvalue weighted by Gasteiger charge is 2.09. The molecule has 2 aromatic rings. The molecule has 0 atom stereocenters. The maximum Gasteiger partial charge on any atom is 0.335 e. The number of nitrogens with zero attached hydrogens (tertiary/aromatic N) is 1. The van der Waals surface area contributed by atoms with E-state index in [4.69, 9.17) is 11.6 Å². The number of nitrogens with one attached hydrogen (secondary N) is 1. The summed E-state index contributed by atoms with van der Waals surface area (Å²) in [5.41, 5.74) is 2.74. The summed E-state index contributed by atoms with van der Waals surface area (Å²) < 4.78 is 0. The normalized spacial score (nSPS) is 10.4. The zero-order valence-corrected chi connectivity index (χ0v) is 12.7. The second-order valence-electron chi connectivity index (χ2n) is 4.90. The third kappa shape index (κ3) is 3.95. The molecule has 0 unspecified atom stereocenters. The number of anilines is 2. The van der Waals surface area contributed by atoms with Crippen LogP contribution in [0.3, 0.4) is 0 Å². The number of pyridine rings is 1. The minimum Gasteiger partial charge on any atom is -0.478 e. The van der Waals surface area contributed by atoms with Crippen LogP contribution < -0.4 is 5.32 Å². The van der Waals surface area contributed by atoms with Gasteiger partial charge in [-0.3, -0.25) is 0 Å². The summed E-state index contributed by atoms with van der Waals surface area (Å²) >= 11 is 6.18. The van der Waals surface area contributed by atoms with E-state index in [0.717, 1.165) is 24.1 Å². The summed E-state index contributed by atoms with van der Waals surface area (Å²) in [5.74, 6) is -0.475. The number of hydrogen-bond donors (Lipinski definition) is 2. The Morgan fingerprint density at radius 1 is 1.33 bits per heavy atom. The zero-order valence-electron chi connectivity index (χ0n) is 12.0. The van der Waals surface area contributed by atoms with Crippen molar-refractivity contribution in [3.05, 3.63) is 52.2 Å². The molecule has 1 heterocycles. The fraction of sp³-hybridized carbons (Fsp3) is 0.250. The number of halogens is 1. The van der Waals surface area contributed by atoms with E-state index in [2.05, 4.69) is 10.3 Å². The van der Waals surface area contributed by atoms with Gasteiger partial charge in [0.2, 0.25) is 0 Å². The van der Waals surface area contributed by atoms with Gasteiger partial charge in [-0.2, -0.15) is 0 Å². The van der Waals surface area contributed by atoms with Crippen LogP contribution in [0.15, 0.2) is 30.3 Å². The molecule has 0 radical (unpaired) electrons. The molecule has 0 fully saturated rings. The lowest BCUT2D eigenvalue weighted by atomic mass is 10.1. The summed E-state index contributed by atoms with van der Waals surface area (Å²) in [5, 5.41) is 12.8. The molecule has 0 saturated heterocycles. The van der Waals surface area contributed by atoms with Gasteiger partial charge in [0.05, 0.1) is 16.3 Å². The monoisotopic (exact) mass is 304 g/mol. The largest absolute Gasteiger partial charge is 0.478 e. The predicted molar refractivity (Wildman–Crippen MR) is 84.7 cm³/mol. The summed E-state index contributed by atoms with van der Waals surface area (Å²) in [6.07, 6.45) is 1.64. The van der Waals surface area contributed by atoms with Crippen LogP contribution in [0.5, 0.6) is 0 Å². The lowest BCUT2D eigenvalue weighted by Crippen LogP contribution is -2.04. The molecule has 1 aromatic heterocycles. The highest BCUT2D eigenvalue weighted by atomic mass is 35.5. The van der Waals surface area contributed by atoms with Gasteiger partial charge >= 0.3 is 5.97 Å². The molecule has 0 spiro atoms. The average molecular weight is 305 g/mol. The number of carboxylic acid groups (broad SMARTS) is 1. The van der Waals surface area contributed by atoms with E-state index in [9.17, 15) is 9.90 Å². The molecule has 2 N–H and O–H groups in total. The molecule has 0 amide bonds. The van der Waals surface area contributed by atoms with Gasteiger partial charge in [-0.1, -0.05) is 31.0 Å². The minimum atomic E-state index is -0.965. The van der Waals surface area contributed by atoms with E-state index in [0.29, 0.717) is 16.5 Å². The van der Waals surface area contributed by atoms with Crippen LogP contribution in [0, 0.1) is 6.92 Å². The Labute approximate surface area is 128 Å². The van der Waals surface area contributed by atoms with E-state index in [-0.39, 0.29) is 5.56 Å². The SMILES string of the molecule is CCCc1cc(C(=O)O)cc(Nc2ccc(C)cc2Cl)n1. The van der Waals surface area contributed by atoms with Crippen LogP contribution in [0.2, 0.25) is 5.02 Å². The van der Waals surface area contributed by atoms with E-state index in [1.54, 1.807) is 6.07 Å². The van der Waals surface area contributed by atoms with Crippen molar-refractivity contribution in [1.29, 1.82) is 0 Å². The molecular formula is C16H17ClN2O2. The van der Waals surface area contributed by atoms with E-state index in [1.807, 2.05) is 32.0 Å². The Morgan fingerprint density at radius 2 is 2.10 bits per heavy atom. The Hall–Kier alpha value is -2.07. The minimum absolute atomic E-state index is 0.221. The van der Waals surface area contributed by atoms with Crippen molar-refractivity contribution in [3.63, 3.8) is 0 Å². The first kappa shape index (κ1) is 15.3. The van der Waals surface area contributed by atoms with Crippen LogP contribution in [-0.2, 0) is 6.42 Å². The molecule has 0 aliphatic heterocycles. The van der Waals surface area contributed by atoms with Crippen molar-refractivity contribution in [2.75, 3.05) is 5.32 Å².